The molecule has 3 rings (SSSR count). The Kier molecular flexibility index (Phi) is 3.28. The second kappa shape index (κ2) is 4.96. The number of rotatable bonds is 3. The summed E-state index contributed by atoms with van der Waals surface area (Å²) in [4.78, 5) is 0. The molecule has 0 fully saturated rings. The predicted octanol–water partition coefficient (Wildman–Crippen LogP) is 3.66. The Labute approximate surface area is 122 Å². The molecule has 2 N–H and O–H groups in total. The van der Waals surface area contributed by atoms with Gasteiger partial charge < -0.3 is 10.2 Å². The maximum absolute atomic E-state index is 6.32. The van der Waals surface area contributed by atoms with Crippen LogP contribution in [0, 0.1) is 6.92 Å². The number of aromatic nitrogens is 2. The molecule has 2 aromatic heterocycles. The van der Waals surface area contributed by atoms with Gasteiger partial charge >= 0.3 is 0 Å². The maximum atomic E-state index is 6.32. The van der Waals surface area contributed by atoms with Crippen LogP contribution in [0.15, 0.2) is 34.7 Å². The third-order valence-corrected chi connectivity index (χ3v) is 3.67. The first-order valence-electron chi connectivity index (χ1n) is 6.58. The maximum Gasteiger partial charge on any atom is 0.152 e. The van der Waals surface area contributed by atoms with Crippen LogP contribution < -0.4 is 5.73 Å². The molecule has 1 aromatic carbocycles. The Balaban J connectivity index is 2.07. The molecule has 2 heterocycles. The quantitative estimate of drug-likeness (QED) is 0.800. The highest BCUT2D eigenvalue weighted by atomic mass is 35.5. The predicted molar refractivity (Wildman–Crippen MR) is 79.9 cm³/mol. The van der Waals surface area contributed by atoms with E-state index in [-0.39, 0.29) is 6.04 Å². The lowest BCUT2D eigenvalue weighted by atomic mass is 10.1. The number of hydrogen-bond acceptors (Lipinski definition) is 3. The average Bonchev–Trinajstić information content (AvgIpc) is 3.02. The summed E-state index contributed by atoms with van der Waals surface area (Å²) in [5, 5.41) is 5.97. The van der Waals surface area contributed by atoms with Gasteiger partial charge in [0.15, 0.2) is 5.58 Å². The normalized spacial score (nSPS) is 13.0. The molecule has 0 saturated heterocycles. The molecule has 104 valence electrons. The first-order chi connectivity index (χ1) is 9.60. The summed E-state index contributed by atoms with van der Waals surface area (Å²) in [6.45, 7) is 4.77. The highest BCUT2D eigenvalue weighted by molar-refractivity contribution is 6.34. The number of benzene rings is 1. The highest BCUT2D eigenvalue weighted by Crippen LogP contribution is 2.31. The van der Waals surface area contributed by atoms with Crippen molar-refractivity contribution in [3.8, 4) is 0 Å². The Hall–Kier alpha value is -1.78. The van der Waals surface area contributed by atoms with Crippen molar-refractivity contribution in [3.05, 3.63) is 52.5 Å². The lowest BCUT2D eigenvalue weighted by molar-refractivity contribution is 0.500. The Bertz CT molecular complexity index is 760. The zero-order valence-corrected chi connectivity index (χ0v) is 12.2. The van der Waals surface area contributed by atoms with Crippen molar-refractivity contribution in [3.63, 3.8) is 0 Å². The summed E-state index contributed by atoms with van der Waals surface area (Å²) in [5.41, 5.74) is 8.90. The molecule has 1 unspecified atom stereocenters. The van der Waals surface area contributed by atoms with Gasteiger partial charge in [-0.25, -0.2) is 0 Å². The minimum Gasteiger partial charge on any atom is -0.457 e. The van der Waals surface area contributed by atoms with Crippen LogP contribution in [-0.4, -0.2) is 9.78 Å². The average molecular weight is 290 g/mol. The lowest BCUT2D eigenvalue weighted by Gasteiger charge is -2.10. The molecule has 1 atom stereocenters. The fourth-order valence-electron chi connectivity index (χ4n) is 2.42. The molecular formula is C15H16ClN3O. The topological polar surface area (TPSA) is 57.0 Å². The van der Waals surface area contributed by atoms with Gasteiger partial charge in [-0.05, 0) is 32.0 Å². The number of para-hydroxylation sites is 1. The summed E-state index contributed by atoms with van der Waals surface area (Å²) in [6.07, 6.45) is 0. The molecular weight excluding hydrogens is 274 g/mol. The van der Waals surface area contributed by atoms with Crippen LogP contribution in [0.1, 0.15) is 30.1 Å². The van der Waals surface area contributed by atoms with Gasteiger partial charge in [0.05, 0.1) is 16.4 Å². The molecule has 3 aromatic rings. The first-order valence-corrected chi connectivity index (χ1v) is 6.96. The molecule has 0 aliphatic rings. The van der Waals surface area contributed by atoms with Crippen LogP contribution in [0.2, 0.25) is 5.02 Å². The Morgan fingerprint density at radius 1 is 1.40 bits per heavy atom. The molecule has 0 aliphatic carbocycles. The molecule has 0 radical (unpaired) electrons. The van der Waals surface area contributed by atoms with E-state index in [1.807, 2.05) is 48.9 Å². The van der Waals surface area contributed by atoms with Crippen molar-refractivity contribution >= 4 is 22.6 Å². The highest BCUT2D eigenvalue weighted by Gasteiger charge is 2.19. The second-order valence-corrected chi connectivity index (χ2v) is 5.22. The fourth-order valence-corrected chi connectivity index (χ4v) is 2.64. The van der Waals surface area contributed by atoms with E-state index >= 15 is 0 Å². The number of furan rings is 1. The van der Waals surface area contributed by atoms with E-state index in [4.69, 9.17) is 21.8 Å². The largest absolute Gasteiger partial charge is 0.457 e. The van der Waals surface area contributed by atoms with Crippen molar-refractivity contribution in [1.82, 2.24) is 9.78 Å². The molecule has 5 heteroatoms. The van der Waals surface area contributed by atoms with Gasteiger partial charge in [0, 0.05) is 11.9 Å². The Morgan fingerprint density at radius 3 is 2.90 bits per heavy atom. The van der Waals surface area contributed by atoms with E-state index in [2.05, 4.69) is 5.10 Å². The van der Waals surface area contributed by atoms with E-state index in [9.17, 15) is 0 Å². The van der Waals surface area contributed by atoms with Crippen molar-refractivity contribution in [2.75, 3.05) is 0 Å². The monoisotopic (exact) mass is 289 g/mol. The van der Waals surface area contributed by atoms with Gasteiger partial charge in [0.25, 0.3) is 0 Å². The van der Waals surface area contributed by atoms with Gasteiger partial charge in [-0.2, -0.15) is 5.10 Å². The molecule has 0 aliphatic heterocycles. The number of hydrogen-bond donors (Lipinski definition) is 1. The van der Waals surface area contributed by atoms with Crippen LogP contribution in [0.25, 0.3) is 11.0 Å². The van der Waals surface area contributed by atoms with Crippen LogP contribution >= 0.6 is 11.6 Å². The van der Waals surface area contributed by atoms with E-state index < -0.39 is 0 Å². The van der Waals surface area contributed by atoms with Gasteiger partial charge in [-0.3, -0.25) is 4.68 Å². The lowest BCUT2D eigenvalue weighted by Crippen LogP contribution is -2.16. The van der Waals surface area contributed by atoms with Crippen molar-refractivity contribution in [2.24, 2.45) is 5.73 Å². The van der Waals surface area contributed by atoms with Crippen LogP contribution in [-0.2, 0) is 6.54 Å². The molecule has 0 saturated carbocycles. The fraction of sp³-hybridized carbons (Fsp3) is 0.267. The van der Waals surface area contributed by atoms with Gasteiger partial charge in [-0.15, -0.1) is 0 Å². The summed E-state index contributed by atoms with van der Waals surface area (Å²) < 4.78 is 7.72. The molecule has 4 nitrogen and oxygen atoms in total. The summed E-state index contributed by atoms with van der Waals surface area (Å²) in [7, 11) is 0. The second-order valence-electron chi connectivity index (χ2n) is 4.81. The summed E-state index contributed by atoms with van der Waals surface area (Å²) >= 11 is 6.13. The summed E-state index contributed by atoms with van der Waals surface area (Å²) in [5.74, 6) is 0.697. The van der Waals surface area contributed by atoms with Gasteiger partial charge in [-0.1, -0.05) is 23.7 Å². The third-order valence-electron chi connectivity index (χ3n) is 3.37. The number of fused-ring (bicyclic) bond motifs is 1. The van der Waals surface area contributed by atoms with Crippen molar-refractivity contribution in [1.29, 1.82) is 0 Å². The zero-order valence-electron chi connectivity index (χ0n) is 11.4. The first kappa shape index (κ1) is 13.2. The van der Waals surface area contributed by atoms with E-state index in [1.54, 1.807) is 0 Å². The van der Waals surface area contributed by atoms with Crippen molar-refractivity contribution in [2.45, 2.75) is 26.4 Å². The smallest absolute Gasteiger partial charge is 0.152 e. The van der Waals surface area contributed by atoms with E-state index in [0.717, 1.165) is 23.3 Å². The SMILES string of the molecule is CCn1nc(C)cc1C(N)c1cc2cccc(Cl)c2o1. The minimum atomic E-state index is -0.348. The molecule has 0 bridgehead atoms. The minimum absolute atomic E-state index is 0.348. The zero-order chi connectivity index (χ0) is 14.3. The van der Waals surface area contributed by atoms with Gasteiger partial charge in [0.1, 0.15) is 11.8 Å². The molecule has 0 amide bonds. The van der Waals surface area contributed by atoms with Crippen molar-refractivity contribution < 1.29 is 4.42 Å². The van der Waals surface area contributed by atoms with Gasteiger partial charge in [0.2, 0.25) is 0 Å². The van der Waals surface area contributed by atoms with E-state index in [0.29, 0.717) is 16.4 Å². The molecule has 0 spiro atoms. The van der Waals surface area contributed by atoms with Crippen LogP contribution in [0.3, 0.4) is 0 Å². The third kappa shape index (κ3) is 2.11. The van der Waals surface area contributed by atoms with Crippen LogP contribution in [0.5, 0.6) is 0 Å². The molecule has 20 heavy (non-hydrogen) atoms. The Morgan fingerprint density at radius 2 is 2.20 bits per heavy atom. The van der Waals surface area contributed by atoms with E-state index in [1.165, 1.54) is 0 Å². The van der Waals surface area contributed by atoms with Crippen LogP contribution in [0.4, 0.5) is 0 Å². The summed E-state index contributed by atoms with van der Waals surface area (Å²) in [6, 6.07) is 9.25. The number of aryl methyl sites for hydroxylation is 2. The number of halogens is 1. The standard InChI is InChI=1S/C15H16ClN3O/c1-3-19-12(7-9(2)18-19)14(17)13-8-10-5-4-6-11(16)15(10)20-13/h4-8,14H,3,17H2,1-2H3. The number of nitrogens with zero attached hydrogens (tertiary/aromatic N) is 2. The number of nitrogens with two attached hydrogens (primary N) is 1.